The molecule has 1 unspecified atom stereocenters. The Hall–Kier alpha value is -5.01. The van der Waals surface area contributed by atoms with Gasteiger partial charge < -0.3 is 21.2 Å². The number of aliphatic imine (C=N–C) groups is 1. The molecule has 0 fully saturated rings. The largest absolute Gasteiger partial charge is 0.461 e. The molecule has 1 aromatic heterocycles. The van der Waals surface area contributed by atoms with Crippen LogP contribution in [0.4, 0.5) is 5.69 Å². The van der Waals surface area contributed by atoms with Gasteiger partial charge in [-0.2, -0.15) is 0 Å². The number of guanidine groups is 1. The molecule has 238 valence electrons. The molecule has 14 heteroatoms. The molecule has 0 spiro atoms. The zero-order valence-electron chi connectivity index (χ0n) is 24.6. The second kappa shape index (κ2) is 15.1. The number of rotatable bonds is 13. The SMILES string of the molecule is CC(C)C[C@H](C(=O)N[C@@H](Cc1ccc(N=C(N)N)cc1)C(=O)c1ccco1)C(CN1C(=O)c2ccccc2C1=O)C(=O)NO.Cl. The average Bonchev–Trinajstić information content (AvgIpc) is 3.62. The molecule has 13 nitrogen and oxygen atoms in total. The summed E-state index contributed by atoms with van der Waals surface area (Å²) in [4.78, 5) is 71.5. The average molecular weight is 639 g/mol. The summed E-state index contributed by atoms with van der Waals surface area (Å²) in [6, 6.07) is 14.8. The highest BCUT2D eigenvalue weighted by Gasteiger charge is 2.43. The molecule has 3 atom stereocenters. The van der Waals surface area contributed by atoms with Crippen LogP contribution in [-0.2, 0) is 16.0 Å². The molecule has 4 rings (SSSR count). The monoisotopic (exact) mass is 638 g/mol. The van der Waals surface area contributed by atoms with E-state index >= 15 is 0 Å². The fraction of sp³-hybridized carbons (Fsp3) is 0.290. The zero-order chi connectivity index (χ0) is 32.0. The molecule has 0 aliphatic carbocycles. The van der Waals surface area contributed by atoms with E-state index in [1.807, 2.05) is 13.8 Å². The highest BCUT2D eigenvalue weighted by molar-refractivity contribution is 6.21. The highest BCUT2D eigenvalue weighted by atomic mass is 35.5. The molecule has 3 aromatic rings. The van der Waals surface area contributed by atoms with Crippen LogP contribution in [0.2, 0.25) is 0 Å². The number of halogens is 1. The third-order valence-corrected chi connectivity index (χ3v) is 7.28. The number of hydroxylamine groups is 1. The summed E-state index contributed by atoms with van der Waals surface area (Å²) >= 11 is 0. The molecule has 2 heterocycles. The number of imide groups is 1. The maximum absolute atomic E-state index is 14.0. The Bertz CT molecular complexity index is 1530. The van der Waals surface area contributed by atoms with Gasteiger partial charge in [-0.1, -0.05) is 38.1 Å². The number of hydrogen-bond donors (Lipinski definition) is 5. The van der Waals surface area contributed by atoms with E-state index in [-0.39, 0.29) is 54.0 Å². The zero-order valence-corrected chi connectivity index (χ0v) is 25.5. The topological polar surface area (TPSA) is 210 Å². The lowest BCUT2D eigenvalue weighted by molar-refractivity contribution is -0.141. The number of nitrogens with two attached hydrogens (primary N) is 2. The van der Waals surface area contributed by atoms with Crippen LogP contribution in [0.15, 0.2) is 76.3 Å². The van der Waals surface area contributed by atoms with Gasteiger partial charge in [-0.15, -0.1) is 12.4 Å². The summed E-state index contributed by atoms with van der Waals surface area (Å²) in [7, 11) is 0. The van der Waals surface area contributed by atoms with Gasteiger partial charge in [0.25, 0.3) is 11.8 Å². The van der Waals surface area contributed by atoms with Crippen LogP contribution in [-0.4, -0.2) is 58.1 Å². The number of fused-ring (bicyclic) bond motifs is 1. The van der Waals surface area contributed by atoms with Gasteiger partial charge in [0.2, 0.25) is 17.6 Å². The van der Waals surface area contributed by atoms with E-state index in [4.69, 9.17) is 15.9 Å². The summed E-state index contributed by atoms with van der Waals surface area (Å²) in [6.45, 7) is 3.20. The van der Waals surface area contributed by atoms with Gasteiger partial charge in [0.1, 0.15) is 0 Å². The maximum atomic E-state index is 14.0. The van der Waals surface area contributed by atoms with E-state index in [0.717, 1.165) is 4.90 Å². The molecule has 0 saturated carbocycles. The Kier molecular flexibility index (Phi) is 11.6. The molecular weight excluding hydrogens is 604 g/mol. The predicted octanol–water partition coefficient (Wildman–Crippen LogP) is 2.60. The summed E-state index contributed by atoms with van der Waals surface area (Å²) in [6.07, 6.45) is 1.53. The van der Waals surface area contributed by atoms with Crippen molar-refractivity contribution in [1.82, 2.24) is 15.7 Å². The van der Waals surface area contributed by atoms with E-state index in [1.54, 1.807) is 47.9 Å². The minimum Gasteiger partial charge on any atom is -0.461 e. The lowest BCUT2D eigenvalue weighted by Gasteiger charge is -2.30. The fourth-order valence-corrected chi connectivity index (χ4v) is 5.21. The van der Waals surface area contributed by atoms with Crippen molar-refractivity contribution >= 4 is 53.5 Å². The second-order valence-corrected chi connectivity index (χ2v) is 10.9. The molecule has 4 amide bonds. The van der Waals surface area contributed by atoms with Crippen molar-refractivity contribution in [1.29, 1.82) is 0 Å². The van der Waals surface area contributed by atoms with Gasteiger partial charge in [-0.3, -0.25) is 34.1 Å². The third-order valence-electron chi connectivity index (χ3n) is 7.28. The first-order valence-electron chi connectivity index (χ1n) is 14.0. The first-order chi connectivity index (χ1) is 21.0. The molecule has 45 heavy (non-hydrogen) atoms. The lowest BCUT2D eigenvalue weighted by Crippen LogP contribution is -2.51. The third kappa shape index (κ3) is 8.13. The van der Waals surface area contributed by atoms with Gasteiger partial charge in [-0.05, 0) is 54.3 Å². The number of furan rings is 1. The van der Waals surface area contributed by atoms with Crippen LogP contribution in [0.25, 0.3) is 0 Å². The van der Waals surface area contributed by atoms with E-state index < -0.39 is 53.8 Å². The van der Waals surface area contributed by atoms with Crippen LogP contribution in [0.3, 0.4) is 0 Å². The number of nitrogens with zero attached hydrogens (tertiary/aromatic N) is 2. The van der Waals surface area contributed by atoms with Crippen molar-refractivity contribution in [3.05, 3.63) is 89.4 Å². The normalized spacial score (nSPS) is 14.2. The summed E-state index contributed by atoms with van der Waals surface area (Å²) < 4.78 is 5.30. The molecule has 7 N–H and O–H groups in total. The van der Waals surface area contributed by atoms with E-state index in [0.29, 0.717) is 11.3 Å². The molecule has 0 radical (unpaired) electrons. The molecule has 2 aromatic carbocycles. The fourth-order valence-electron chi connectivity index (χ4n) is 5.21. The number of ketones is 1. The van der Waals surface area contributed by atoms with Crippen LogP contribution in [0, 0.1) is 17.8 Å². The smallest absolute Gasteiger partial charge is 0.261 e. The molecule has 0 bridgehead atoms. The van der Waals surface area contributed by atoms with Crippen LogP contribution in [0.5, 0.6) is 0 Å². The number of Topliss-reactive ketones (excluding diaryl/α,β-unsaturated/α-hetero) is 1. The van der Waals surface area contributed by atoms with Gasteiger partial charge in [0.05, 0.1) is 41.0 Å². The highest BCUT2D eigenvalue weighted by Crippen LogP contribution is 2.28. The first kappa shape index (κ1) is 34.5. The number of nitrogens with one attached hydrogen (secondary N) is 2. The van der Waals surface area contributed by atoms with E-state index in [9.17, 15) is 29.2 Å². The minimum absolute atomic E-state index is 0. The summed E-state index contributed by atoms with van der Waals surface area (Å²) in [5.41, 5.74) is 14.0. The Morgan fingerprint density at radius 2 is 1.53 bits per heavy atom. The predicted molar refractivity (Wildman–Crippen MR) is 166 cm³/mol. The molecule has 1 aliphatic heterocycles. The Balaban J connectivity index is 0.00000552. The Morgan fingerprint density at radius 1 is 0.911 bits per heavy atom. The summed E-state index contributed by atoms with van der Waals surface area (Å²) in [5.74, 6) is -6.05. The number of amides is 4. The Morgan fingerprint density at radius 3 is 2.04 bits per heavy atom. The second-order valence-electron chi connectivity index (χ2n) is 10.9. The van der Waals surface area contributed by atoms with Crippen molar-refractivity contribution in [3.8, 4) is 0 Å². The van der Waals surface area contributed by atoms with Crippen molar-refractivity contribution in [3.63, 3.8) is 0 Å². The van der Waals surface area contributed by atoms with Gasteiger partial charge >= 0.3 is 0 Å². The number of carbonyl (C=O) groups excluding carboxylic acids is 5. The van der Waals surface area contributed by atoms with Gasteiger partial charge in [0, 0.05) is 13.0 Å². The molecule has 0 saturated heterocycles. The number of benzene rings is 2. The molecule has 1 aliphatic rings. The quantitative estimate of drug-likeness (QED) is 0.0464. The van der Waals surface area contributed by atoms with Crippen LogP contribution in [0.1, 0.15) is 57.1 Å². The molecular formula is C31H35ClN6O7. The minimum atomic E-state index is -1.33. The van der Waals surface area contributed by atoms with Gasteiger partial charge in [0.15, 0.2) is 11.7 Å². The number of hydrogen-bond acceptors (Lipinski definition) is 8. The van der Waals surface area contributed by atoms with Crippen LogP contribution < -0.4 is 22.3 Å². The van der Waals surface area contributed by atoms with Crippen LogP contribution >= 0.6 is 12.4 Å². The van der Waals surface area contributed by atoms with Gasteiger partial charge in [-0.25, -0.2) is 10.5 Å². The van der Waals surface area contributed by atoms with Crippen molar-refractivity contribution < 1.29 is 33.6 Å². The standard InChI is InChI=1S/C31H34N6O7.ClH/c1-17(2)14-22(23(28(40)36-43)16-37-29(41)20-6-3-4-7-21(20)30(37)42)27(39)35-24(26(38)25-8-5-13-44-25)15-18-9-11-19(12-10-18)34-31(32)33;/h3-13,17,22-24,43H,14-16H2,1-2H3,(H,35,39)(H,36,40)(H4,32,33,34);1H/t22-,23?,24-;/m0./s1. The van der Waals surface area contributed by atoms with Crippen molar-refractivity contribution in [2.24, 2.45) is 34.2 Å². The number of carbonyl (C=O) groups is 5. The first-order valence-corrected chi connectivity index (χ1v) is 14.0. The lowest BCUT2D eigenvalue weighted by atomic mass is 9.83. The van der Waals surface area contributed by atoms with Crippen molar-refractivity contribution in [2.45, 2.75) is 32.7 Å². The van der Waals surface area contributed by atoms with Crippen molar-refractivity contribution in [2.75, 3.05) is 6.54 Å². The summed E-state index contributed by atoms with van der Waals surface area (Å²) in [5, 5.41) is 12.4. The maximum Gasteiger partial charge on any atom is 0.261 e. The van der Waals surface area contributed by atoms with E-state index in [2.05, 4.69) is 10.3 Å². The van der Waals surface area contributed by atoms with E-state index in [1.165, 1.54) is 24.5 Å². The Labute approximate surface area is 265 Å².